The van der Waals surface area contributed by atoms with Gasteiger partial charge in [-0.3, -0.25) is 14.4 Å². The normalized spacial score (nSPS) is 19.8. The number of unbranched alkanes of at least 4 members (excludes halogenated alkanes) is 1. The molecule has 3 saturated carbocycles. The molecule has 0 heterocycles. The summed E-state index contributed by atoms with van der Waals surface area (Å²) in [5, 5.41) is 5.55. The molecule has 2 amide bonds. The van der Waals surface area contributed by atoms with Gasteiger partial charge in [0, 0.05) is 30.6 Å². The number of aryl methyl sites for hydroxylation is 1. The van der Waals surface area contributed by atoms with E-state index in [9.17, 15) is 24.0 Å². The molecule has 0 saturated heterocycles. The lowest BCUT2D eigenvalue weighted by atomic mass is 9.72. The van der Waals surface area contributed by atoms with Crippen molar-refractivity contribution in [2.75, 3.05) is 52.5 Å². The van der Waals surface area contributed by atoms with Crippen molar-refractivity contribution >= 4 is 30.1 Å². The topological polar surface area (TPSA) is 234 Å². The van der Waals surface area contributed by atoms with Crippen LogP contribution in [0.4, 0.5) is 9.59 Å². The second kappa shape index (κ2) is 27.7. The molecule has 0 radical (unpaired) electrons. The molecule has 1 atom stereocenters. The monoisotopic (exact) mass is 938 g/mol. The van der Waals surface area contributed by atoms with Crippen LogP contribution >= 0.6 is 0 Å². The molecule has 15 heteroatoms. The third-order valence-electron chi connectivity index (χ3n) is 15.0. The van der Waals surface area contributed by atoms with Gasteiger partial charge in [-0.15, -0.1) is 0 Å². The average molecular weight is 938 g/mol. The van der Waals surface area contributed by atoms with E-state index in [0.29, 0.717) is 71.0 Å². The molecule has 1 aromatic carbocycles. The number of benzene rings is 1. The maximum atomic E-state index is 13.5. The number of allylic oxidation sites excluding steroid dienone is 2. The predicted molar refractivity (Wildman–Crippen MR) is 257 cm³/mol. The molecule has 0 bridgehead atoms. The third kappa shape index (κ3) is 17.7. The highest BCUT2D eigenvalue weighted by atomic mass is 16.6. The highest BCUT2D eigenvalue weighted by Crippen LogP contribution is 2.43. The van der Waals surface area contributed by atoms with Gasteiger partial charge in [-0.05, 0) is 144 Å². The van der Waals surface area contributed by atoms with Crippen LogP contribution in [0.15, 0.2) is 23.8 Å². The van der Waals surface area contributed by atoms with Crippen molar-refractivity contribution < 1.29 is 47.7 Å². The first kappa shape index (κ1) is 53.7. The SMILES string of the molecule is CC1=CC(c2c(CCCCOC(=O)CC3(CN)CCCCC3)cc(OC(=O)NCCCOC(=O)CC3(CN)CCCCC3)cc2OC(=O)NCCCOC(=O)CC2(CN)CCCCC2)CCC1. The highest BCUT2D eigenvalue weighted by molar-refractivity contribution is 5.74. The largest absolute Gasteiger partial charge is 0.466 e. The summed E-state index contributed by atoms with van der Waals surface area (Å²) in [7, 11) is 0. The number of nitrogens with two attached hydrogens (primary N) is 3. The number of ether oxygens (including phenoxy) is 5. The van der Waals surface area contributed by atoms with Gasteiger partial charge in [0.15, 0.2) is 0 Å². The van der Waals surface area contributed by atoms with E-state index >= 15 is 0 Å². The lowest BCUT2D eigenvalue weighted by Gasteiger charge is -2.35. The van der Waals surface area contributed by atoms with Gasteiger partial charge in [-0.2, -0.15) is 0 Å². The quantitative estimate of drug-likeness (QED) is 0.0267. The molecule has 3 fully saturated rings. The number of nitrogens with one attached hydrogen (secondary N) is 2. The third-order valence-corrected chi connectivity index (χ3v) is 15.0. The molecule has 1 unspecified atom stereocenters. The lowest BCUT2D eigenvalue weighted by molar-refractivity contribution is -0.148. The molecule has 376 valence electrons. The number of esters is 3. The smallest absolute Gasteiger partial charge is 0.412 e. The van der Waals surface area contributed by atoms with Crippen LogP contribution in [0.5, 0.6) is 11.5 Å². The molecule has 0 aromatic heterocycles. The zero-order valence-corrected chi connectivity index (χ0v) is 40.7. The number of carbonyl (C=O) groups is 5. The van der Waals surface area contributed by atoms with E-state index in [1.165, 1.54) is 24.8 Å². The van der Waals surface area contributed by atoms with E-state index in [2.05, 4.69) is 23.6 Å². The first-order valence-electron chi connectivity index (χ1n) is 25.7. The summed E-state index contributed by atoms with van der Waals surface area (Å²) in [5.41, 5.74) is 20.7. The van der Waals surface area contributed by atoms with Crippen molar-refractivity contribution in [3.8, 4) is 11.5 Å². The summed E-state index contributed by atoms with van der Waals surface area (Å²) >= 11 is 0. The summed E-state index contributed by atoms with van der Waals surface area (Å²) in [6.07, 6.45) is 22.8. The Kier molecular flexibility index (Phi) is 22.2. The van der Waals surface area contributed by atoms with Crippen molar-refractivity contribution in [3.63, 3.8) is 0 Å². The second-order valence-corrected chi connectivity index (χ2v) is 20.3. The minimum atomic E-state index is -0.700. The fourth-order valence-electron chi connectivity index (χ4n) is 10.9. The van der Waals surface area contributed by atoms with E-state index in [1.54, 1.807) is 6.07 Å². The van der Waals surface area contributed by atoms with Crippen molar-refractivity contribution in [1.29, 1.82) is 0 Å². The van der Waals surface area contributed by atoms with Crippen LogP contribution in [0.25, 0.3) is 0 Å². The summed E-state index contributed by atoms with van der Waals surface area (Å²) in [6.45, 7) is 4.52. The van der Waals surface area contributed by atoms with Gasteiger partial charge in [0.05, 0.1) is 39.1 Å². The van der Waals surface area contributed by atoms with Gasteiger partial charge in [-0.25, -0.2) is 9.59 Å². The van der Waals surface area contributed by atoms with E-state index < -0.39 is 12.2 Å². The first-order valence-corrected chi connectivity index (χ1v) is 25.7. The van der Waals surface area contributed by atoms with Gasteiger partial charge < -0.3 is 51.5 Å². The minimum absolute atomic E-state index is 0.0452. The van der Waals surface area contributed by atoms with Gasteiger partial charge >= 0.3 is 30.1 Å². The molecule has 67 heavy (non-hydrogen) atoms. The Morgan fingerprint density at radius 1 is 0.582 bits per heavy atom. The Bertz CT molecular complexity index is 1780. The Morgan fingerprint density at radius 3 is 1.48 bits per heavy atom. The standard InChI is InChI=1S/C52H83N5O10/c1-39-16-13-18-40(30-39)47-41(17-5-12-27-63-44(58)33-50(36-53)19-6-2-7-20-50)31-42(66-48(61)56-25-14-28-64-45(59)34-51(37-54)21-8-3-9-22-51)32-43(47)67-49(62)57-26-15-29-65-46(60)35-52(38-55)23-10-4-11-24-52/h30-32,40H,2-29,33-38,53-55H2,1H3,(H,56,61)(H,57,62). The van der Waals surface area contributed by atoms with Gasteiger partial charge in [0.25, 0.3) is 0 Å². The molecule has 4 aliphatic carbocycles. The molecule has 1 aromatic rings. The molecule has 0 aliphatic heterocycles. The molecular weight excluding hydrogens is 855 g/mol. The van der Waals surface area contributed by atoms with Crippen LogP contribution in [-0.2, 0) is 35.0 Å². The fraction of sp³-hybridized carbons (Fsp3) is 0.750. The van der Waals surface area contributed by atoms with Crippen LogP contribution in [-0.4, -0.2) is 82.6 Å². The number of hydrogen-bond donors (Lipinski definition) is 5. The van der Waals surface area contributed by atoms with E-state index in [0.717, 1.165) is 107 Å². The Balaban J connectivity index is 1.20. The van der Waals surface area contributed by atoms with Crippen LogP contribution in [0, 0.1) is 16.2 Å². The predicted octanol–water partition coefficient (Wildman–Crippen LogP) is 8.71. The van der Waals surface area contributed by atoms with Crippen molar-refractivity contribution in [3.05, 3.63) is 34.9 Å². The summed E-state index contributed by atoms with van der Waals surface area (Å²) in [4.78, 5) is 64.9. The van der Waals surface area contributed by atoms with Crippen LogP contribution < -0.4 is 37.3 Å². The number of carbonyl (C=O) groups excluding carboxylic acids is 5. The molecular formula is C52H83N5O10. The Labute approximate surface area is 399 Å². The van der Waals surface area contributed by atoms with Crippen LogP contribution in [0.1, 0.15) is 184 Å². The number of rotatable bonds is 25. The molecule has 4 aliphatic rings. The molecule has 5 rings (SSSR count). The van der Waals surface area contributed by atoms with Crippen molar-refractivity contribution in [2.45, 2.75) is 180 Å². The zero-order valence-electron chi connectivity index (χ0n) is 40.7. The summed E-state index contributed by atoms with van der Waals surface area (Å²) in [6, 6.07) is 3.41. The Morgan fingerprint density at radius 2 is 1.03 bits per heavy atom. The number of hydrogen-bond acceptors (Lipinski definition) is 13. The van der Waals surface area contributed by atoms with Crippen molar-refractivity contribution in [2.24, 2.45) is 33.4 Å². The minimum Gasteiger partial charge on any atom is -0.466 e. The number of amides is 2. The highest BCUT2D eigenvalue weighted by Gasteiger charge is 2.36. The van der Waals surface area contributed by atoms with E-state index in [1.807, 2.05) is 6.07 Å². The Hall–Kier alpha value is -4.21. The van der Waals surface area contributed by atoms with Gasteiger partial charge in [0.1, 0.15) is 11.5 Å². The second-order valence-electron chi connectivity index (χ2n) is 20.3. The molecule has 8 N–H and O–H groups in total. The van der Waals surface area contributed by atoms with Gasteiger partial charge in [0.2, 0.25) is 0 Å². The van der Waals surface area contributed by atoms with Gasteiger partial charge in [-0.1, -0.05) is 69.4 Å². The first-order chi connectivity index (χ1) is 32.4. The lowest BCUT2D eigenvalue weighted by Crippen LogP contribution is -2.35. The molecule has 0 spiro atoms. The van der Waals surface area contributed by atoms with Crippen LogP contribution in [0.3, 0.4) is 0 Å². The fourth-order valence-corrected chi connectivity index (χ4v) is 10.9. The molecule has 15 nitrogen and oxygen atoms in total. The maximum absolute atomic E-state index is 13.5. The summed E-state index contributed by atoms with van der Waals surface area (Å²) < 4.78 is 28.7. The summed E-state index contributed by atoms with van der Waals surface area (Å²) in [5.74, 6) is -0.312. The maximum Gasteiger partial charge on any atom is 0.412 e. The zero-order chi connectivity index (χ0) is 48.0. The van der Waals surface area contributed by atoms with Crippen molar-refractivity contribution in [1.82, 2.24) is 10.6 Å². The van der Waals surface area contributed by atoms with Crippen LogP contribution in [0.2, 0.25) is 0 Å². The van der Waals surface area contributed by atoms with E-state index in [4.69, 9.17) is 40.9 Å². The van der Waals surface area contributed by atoms with E-state index in [-0.39, 0.29) is 84.5 Å². The average Bonchev–Trinajstić information content (AvgIpc) is 3.32.